The van der Waals surface area contributed by atoms with E-state index in [-0.39, 0.29) is 5.91 Å². The summed E-state index contributed by atoms with van der Waals surface area (Å²) < 4.78 is 2.06. The van der Waals surface area contributed by atoms with Crippen molar-refractivity contribution in [3.63, 3.8) is 0 Å². The minimum Gasteiger partial charge on any atom is -0.397 e. The van der Waals surface area contributed by atoms with Crippen LogP contribution < -0.4 is 11.1 Å². The van der Waals surface area contributed by atoms with Crippen LogP contribution in [0.3, 0.4) is 0 Å². The molecule has 0 saturated heterocycles. The van der Waals surface area contributed by atoms with Gasteiger partial charge in [-0.15, -0.1) is 0 Å². The van der Waals surface area contributed by atoms with Gasteiger partial charge < -0.3 is 11.1 Å². The number of fused-ring (bicyclic) bond motifs is 1. The van der Waals surface area contributed by atoms with E-state index in [9.17, 15) is 4.79 Å². The number of nitrogens with zero attached hydrogens (tertiary/aromatic N) is 3. The van der Waals surface area contributed by atoms with E-state index in [1.165, 1.54) is 0 Å². The number of aromatic nitrogens is 3. The number of nitrogens with one attached hydrogen (secondary N) is 1. The molecule has 6 rings (SSSR count). The molecule has 0 spiro atoms. The third kappa shape index (κ3) is 3.83. The average Bonchev–Trinajstić information content (AvgIpc) is 3.67. The molecule has 3 aromatic heterocycles. The molecule has 0 unspecified atom stereocenters. The topological polar surface area (TPSA) is 85.3 Å². The predicted octanol–water partition coefficient (Wildman–Crippen LogP) is 5.55. The summed E-state index contributed by atoms with van der Waals surface area (Å²) in [4.78, 5) is 21.7. The van der Waals surface area contributed by atoms with Gasteiger partial charge in [-0.05, 0) is 54.3 Å². The first-order valence-corrected chi connectivity index (χ1v) is 11.8. The molecule has 1 aliphatic carbocycles. The van der Waals surface area contributed by atoms with E-state index in [0.717, 1.165) is 63.5 Å². The number of hydrogen-bond donors (Lipinski definition) is 2. The highest BCUT2D eigenvalue weighted by molar-refractivity contribution is 5.95. The molecule has 2 aromatic carbocycles. The number of pyridine rings is 2. The molecule has 1 saturated carbocycles. The lowest BCUT2D eigenvalue weighted by atomic mass is 10.0. The van der Waals surface area contributed by atoms with Crippen LogP contribution in [0.1, 0.15) is 34.8 Å². The molecule has 3 N–H and O–H groups in total. The molecular weight excluding hydrogens is 434 g/mol. The van der Waals surface area contributed by atoms with Crippen LogP contribution in [0.15, 0.2) is 85.2 Å². The van der Waals surface area contributed by atoms with Gasteiger partial charge in [-0.1, -0.05) is 42.5 Å². The molecule has 5 aromatic rings. The zero-order valence-corrected chi connectivity index (χ0v) is 19.4. The first-order chi connectivity index (χ1) is 17.1. The summed E-state index contributed by atoms with van der Waals surface area (Å²) in [5.41, 5.74) is 15.7. The number of nitrogens with two attached hydrogens (primary N) is 1. The molecule has 0 aliphatic heterocycles. The Morgan fingerprint density at radius 2 is 1.74 bits per heavy atom. The second-order valence-corrected chi connectivity index (χ2v) is 8.94. The van der Waals surface area contributed by atoms with Crippen molar-refractivity contribution in [1.29, 1.82) is 0 Å². The fourth-order valence-electron chi connectivity index (χ4n) is 4.56. The molecule has 172 valence electrons. The van der Waals surface area contributed by atoms with Crippen LogP contribution in [0.4, 0.5) is 5.69 Å². The van der Waals surface area contributed by atoms with E-state index >= 15 is 0 Å². The van der Waals surface area contributed by atoms with Crippen LogP contribution in [0.5, 0.6) is 0 Å². The highest BCUT2D eigenvalue weighted by atomic mass is 16.1. The molecule has 6 nitrogen and oxygen atoms in total. The van der Waals surface area contributed by atoms with Gasteiger partial charge in [0.25, 0.3) is 5.91 Å². The van der Waals surface area contributed by atoms with E-state index in [2.05, 4.69) is 27.9 Å². The van der Waals surface area contributed by atoms with E-state index in [1.54, 1.807) is 7.05 Å². The maximum atomic E-state index is 12.1. The summed E-state index contributed by atoms with van der Waals surface area (Å²) in [5.74, 6) is 0.320. The summed E-state index contributed by atoms with van der Waals surface area (Å²) in [6, 6.07) is 23.9. The van der Waals surface area contributed by atoms with Gasteiger partial charge in [-0.25, -0.2) is 4.98 Å². The summed E-state index contributed by atoms with van der Waals surface area (Å²) in [6.07, 6.45) is 6.14. The van der Waals surface area contributed by atoms with E-state index in [1.807, 2.05) is 67.0 Å². The second-order valence-electron chi connectivity index (χ2n) is 8.94. The minimum atomic E-state index is -0.107. The summed E-state index contributed by atoms with van der Waals surface area (Å²) in [6.45, 7) is 0. The molecule has 6 heteroatoms. The lowest BCUT2D eigenvalue weighted by Gasteiger charge is -2.14. The van der Waals surface area contributed by atoms with Crippen molar-refractivity contribution in [2.45, 2.75) is 18.8 Å². The van der Waals surface area contributed by atoms with Gasteiger partial charge in [0.05, 0.1) is 29.0 Å². The smallest absolute Gasteiger partial charge is 0.251 e. The number of anilines is 1. The maximum Gasteiger partial charge on any atom is 0.251 e. The van der Waals surface area contributed by atoms with Gasteiger partial charge in [-0.2, -0.15) is 0 Å². The Morgan fingerprint density at radius 3 is 2.51 bits per heavy atom. The van der Waals surface area contributed by atoms with Crippen molar-refractivity contribution in [2.24, 2.45) is 0 Å². The molecule has 0 bridgehead atoms. The quantitative estimate of drug-likeness (QED) is 0.361. The van der Waals surface area contributed by atoms with Crippen LogP contribution in [0.25, 0.3) is 39.3 Å². The molecule has 35 heavy (non-hydrogen) atoms. The Labute approximate surface area is 203 Å². The van der Waals surface area contributed by atoms with Gasteiger partial charge in [0.2, 0.25) is 0 Å². The Kier molecular flexibility index (Phi) is 5.07. The summed E-state index contributed by atoms with van der Waals surface area (Å²) in [7, 11) is 1.63. The normalized spacial score (nSPS) is 13.2. The van der Waals surface area contributed by atoms with Crippen LogP contribution >= 0.6 is 0 Å². The Hall–Kier alpha value is -4.45. The van der Waals surface area contributed by atoms with Crippen LogP contribution in [0.2, 0.25) is 0 Å². The van der Waals surface area contributed by atoms with Gasteiger partial charge in [-0.3, -0.25) is 14.2 Å². The number of carbonyl (C=O) groups excluding carboxylic acids is 1. The molecule has 0 atom stereocenters. The number of carbonyl (C=O) groups is 1. The predicted molar refractivity (Wildman–Crippen MR) is 139 cm³/mol. The first-order valence-electron chi connectivity index (χ1n) is 11.8. The summed E-state index contributed by atoms with van der Waals surface area (Å²) >= 11 is 0. The number of nitrogen functional groups attached to an aromatic ring is 1. The second kappa shape index (κ2) is 8.40. The molecule has 3 heterocycles. The van der Waals surface area contributed by atoms with Crippen LogP contribution in [-0.4, -0.2) is 27.3 Å². The molecule has 0 radical (unpaired) electrons. The van der Waals surface area contributed by atoms with Crippen molar-refractivity contribution in [3.8, 4) is 33.6 Å². The standard InChI is InChI=1S/C29H25N5O/c1-31-29(35)22-9-5-8-20(14-22)21-12-13-34-25(17-32-26(34)15-21)23-16-24(18-6-3-2-4-7-18)33-28(27(23)30)19-10-11-19/h2-9,12-17,19H,10-11,30H2,1H3,(H,31,35). The van der Waals surface area contributed by atoms with Crippen molar-refractivity contribution >= 4 is 17.2 Å². The molecule has 1 aliphatic rings. The third-order valence-corrected chi connectivity index (χ3v) is 6.60. The lowest BCUT2D eigenvalue weighted by molar-refractivity contribution is 0.0963. The Balaban J connectivity index is 1.46. The van der Waals surface area contributed by atoms with E-state index < -0.39 is 0 Å². The molecular formula is C29H25N5O. The molecule has 1 fully saturated rings. The zero-order valence-electron chi connectivity index (χ0n) is 19.4. The largest absolute Gasteiger partial charge is 0.397 e. The van der Waals surface area contributed by atoms with Gasteiger partial charge in [0.15, 0.2) is 0 Å². The fraction of sp³-hybridized carbons (Fsp3) is 0.138. The number of amides is 1. The number of hydrogen-bond acceptors (Lipinski definition) is 4. The highest BCUT2D eigenvalue weighted by Gasteiger charge is 2.29. The maximum absolute atomic E-state index is 12.1. The van der Waals surface area contributed by atoms with Gasteiger partial charge in [0, 0.05) is 35.9 Å². The van der Waals surface area contributed by atoms with Crippen molar-refractivity contribution in [1.82, 2.24) is 19.7 Å². The van der Waals surface area contributed by atoms with Crippen LogP contribution in [-0.2, 0) is 0 Å². The van der Waals surface area contributed by atoms with Crippen LogP contribution in [0, 0.1) is 0 Å². The number of imidazole rings is 1. The number of benzene rings is 2. The highest BCUT2D eigenvalue weighted by Crippen LogP contribution is 2.45. The van der Waals surface area contributed by atoms with Gasteiger partial charge >= 0.3 is 0 Å². The fourth-order valence-corrected chi connectivity index (χ4v) is 4.56. The SMILES string of the molecule is CNC(=O)c1cccc(-c2ccn3c(-c4cc(-c5ccccc5)nc(C5CC5)c4N)cnc3c2)c1. The lowest BCUT2D eigenvalue weighted by Crippen LogP contribution is -2.17. The van der Waals surface area contributed by atoms with Crippen molar-refractivity contribution in [2.75, 3.05) is 12.8 Å². The van der Waals surface area contributed by atoms with Crippen molar-refractivity contribution in [3.05, 3.63) is 96.4 Å². The Morgan fingerprint density at radius 1 is 0.971 bits per heavy atom. The van der Waals surface area contributed by atoms with Gasteiger partial charge in [0.1, 0.15) is 5.65 Å². The first kappa shape index (κ1) is 21.1. The zero-order chi connectivity index (χ0) is 23.9. The average molecular weight is 460 g/mol. The molecule has 1 amide bonds. The summed E-state index contributed by atoms with van der Waals surface area (Å²) in [5, 5.41) is 2.68. The minimum absolute atomic E-state index is 0.107. The monoisotopic (exact) mass is 459 g/mol. The third-order valence-electron chi connectivity index (χ3n) is 6.60. The van der Waals surface area contributed by atoms with E-state index in [0.29, 0.717) is 11.5 Å². The van der Waals surface area contributed by atoms with Crippen molar-refractivity contribution < 1.29 is 4.79 Å². The Bertz CT molecular complexity index is 1570. The van der Waals surface area contributed by atoms with E-state index in [4.69, 9.17) is 15.7 Å². The number of rotatable bonds is 5.